The van der Waals surface area contributed by atoms with Crippen LogP contribution < -0.4 is 0 Å². The molecule has 0 saturated heterocycles. The van der Waals surface area contributed by atoms with Gasteiger partial charge in [-0.1, -0.05) is 18.0 Å². The number of Topliss-reactive ketones (excluding diaryl/α,β-unsaturated/α-hetero) is 1. The van der Waals surface area contributed by atoms with Crippen molar-refractivity contribution in [3.8, 4) is 0 Å². The molecule has 3 unspecified atom stereocenters. The Labute approximate surface area is 109 Å². The molecule has 1 aromatic carbocycles. The average molecular weight is 271 g/mol. The molecule has 2 saturated carbocycles. The second kappa shape index (κ2) is 4.30. The topological polar surface area (TPSA) is 17.1 Å². The van der Waals surface area contributed by atoms with Crippen LogP contribution in [0.5, 0.6) is 0 Å². The summed E-state index contributed by atoms with van der Waals surface area (Å²) in [7, 11) is 0. The Morgan fingerprint density at radius 3 is 2.56 bits per heavy atom. The molecule has 0 N–H and O–H groups in total. The molecule has 0 spiro atoms. The zero-order valence-electron chi connectivity index (χ0n) is 9.76. The number of hydrogen-bond donors (Lipinski definition) is 0. The Bertz CT molecular complexity index is 515. The highest BCUT2D eigenvalue weighted by molar-refractivity contribution is 6.30. The first-order valence-corrected chi connectivity index (χ1v) is 6.63. The fourth-order valence-corrected chi connectivity index (χ4v) is 3.63. The van der Waals surface area contributed by atoms with Crippen molar-refractivity contribution in [2.45, 2.75) is 25.7 Å². The van der Waals surface area contributed by atoms with Crippen molar-refractivity contribution in [1.82, 2.24) is 0 Å². The summed E-state index contributed by atoms with van der Waals surface area (Å²) in [6, 6.07) is 1.82. The van der Waals surface area contributed by atoms with Crippen LogP contribution >= 0.6 is 11.6 Å². The van der Waals surface area contributed by atoms with Gasteiger partial charge in [-0.25, -0.2) is 8.78 Å². The van der Waals surface area contributed by atoms with Crippen molar-refractivity contribution in [2.24, 2.45) is 17.8 Å². The number of ketones is 1. The average Bonchev–Trinajstić information content (AvgIpc) is 2.95. The van der Waals surface area contributed by atoms with Crippen LogP contribution in [0.25, 0.3) is 0 Å². The van der Waals surface area contributed by atoms with E-state index in [0.29, 0.717) is 11.8 Å². The summed E-state index contributed by atoms with van der Waals surface area (Å²) >= 11 is 5.49. The fraction of sp³-hybridized carbons (Fsp3) is 0.500. The van der Waals surface area contributed by atoms with E-state index in [0.717, 1.165) is 31.4 Å². The lowest BCUT2D eigenvalue weighted by Crippen LogP contribution is -2.22. The number of halogens is 3. The first kappa shape index (κ1) is 12.1. The normalized spacial score (nSPS) is 29.8. The molecule has 0 amide bonds. The van der Waals surface area contributed by atoms with Gasteiger partial charge >= 0.3 is 0 Å². The van der Waals surface area contributed by atoms with Gasteiger partial charge in [0, 0.05) is 5.92 Å². The highest BCUT2D eigenvalue weighted by atomic mass is 35.5. The third kappa shape index (κ3) is 1.85. The molecule has 2 fully saturated rings. The van der Waals surface area contributed by atoms with E-state index >= 15 is 0 Å². The van der Waals surface area contributed by atoms with Crippen molar-refractivity contribution in [2.75, 3.05) is 0 Å². The standard InChI is InChI=1S/C14H13ClF2O/c15-11-6-12(16)10(5-13(11)17)14(18)9-4-7-1-2-8(9)3-7/h5-9H,1-4H2. The molecule has 3 rings (SSSR count). The van der Waals surface area contributed by atoms with Gasteiger partial charge in [0.05, 0.1) is 10.6 Å². The molecular formula is C14H13ClF2O. The van der Waals surface area contributed by atoms with Crippen LogP contribution in [0.4, 0.5) is 8.78 Å². The van der Waals surface area contributed by atoms with Crippen LogP contribution in [-0.2, 0) is 0 Å². The number of benzene rings is 1. The van der Waals surface area contributed by atoms with E-state index in [1.54, 1.807) is 0 Å². The Kier molecular flexibility index (Phi) is 2.89. The highest BCUT2D eigenvalue weighted by Crippen LogP contribution is 2.49. The Hall–Kier alpha value is -0.960. The molecule has 96 valence electrons. The lowest BCUT2D eigenvalue weighted by molar-refractivity contribution is 0.0870. The van der Waals surface area contributed by atoms with Gasteiger partial charge in [-0.3, -0.25) is 4.79 Å². The van der Waals surface area contributed by atoms with Crippen LogP contribution in [0, 0.1) is 29.4 Å². The van der Waals surface area contributed by atoms with Gasteiger partial charge in [-0.2, -0.15) is 0 Å². The summed E-state index contributed by atoms with van der Waals surface area (Å²) in [5.41, 5.74) is -0.144. The largest absolute Gasteiger partial charge is 0.294 e. The number of hydrogen-bond acceptors (Lipinski definition) is 1. The Balaban J connectivity index is 1.91. The van der Waals surface area contributed by atoms with Gasteiger partial charge < -0.3 is 0 Å². The monoisotopic (exact) mass is 270 g/mol. The van der Waals surface area contributed by atoms with E-state index in [9.17, 15) is 13.6 Å². The van der Waals surface area contributed by atoms with E-state index in [-0.39, 0.29) is 22.3 Å². The predicted molar refractivity (Wildman–Crippen MR) is 64.6 cm³/mol. The molecule has 0 aliphatic heterocycles. The van der Waals surface area contributed by atoms with E-state index in [2.05, 4.69) is 0 Å². The van der Waals surface area contributed by atoms with Gasteiger partial charge in [0.15, 0.2) is 5.78 Å². The molecule has 0 aromatic heterocycles. The molecule has 1 aromatic rings. The molecule has 2 aliphatic carbocycles. The van der Waals surface area contributed by atoms with Crippen molar-refractivity contribution < 1.29 is 13.6 Å². The maximum absolute atomic E-state index is 13.7. The van der Waals surface area contributed by atoms with E-state index in [1.807, 2.05) is 0 Å². The lowest BCUT2D eigenvalue weighted by atomic mass is 9.83. The molecule has 2 aliphatic rings. The molecule has 4 heteroatoms. The highest BCUT2D eigenvalue weighted by Gasteiger charge is 2.43. The van der Waals surface area contributed by atoms with Gasteiger partial charge in [0.25, 0.3) is 0 Å². The summed E-state index contributed by atoms with van der Waals surface area (Å²) < 4.78 is 27.0. The van der Waals surface area contributed by atoms with Gasteiger partial charge in [0.1, 0.15) is 11.6 Å². The second-order valence-corrected chi connectivity index (χ2v) is 5.80. The molecule has 3 atom stereocenters. The molecule has 0 radical (unpaired) electrons. The van der Waals surface area contributed by atoms with Gasteiger partial charge in [-0.05, 0) is 43.2 Å². The molecule has 0 heterocycles. The summed E-state index contributed by atoms with van der Waals surface area (Å²) in [4.78, 5) is 12.3. The van der Waals surface area contributed by atoms with Crippen molar-refractivity contribution in [3.63, 3.8) is 0 Å². The van der Waals surface area contributed by atoms with Crippen LogP contribution in [0.2, 0.25) is 5.02 Å². The van der Waals surface area contributed by atoms with E-state index in [1.165, 1.54) is 6.42 Å². The van der Waals surface area contributed by atoms with E-state index in [4.69, 9.17) is 11.6 Å². The SMILES string of the molecule is O=C(c1cc(F)c(Cl)cc1F)C1CC2CCC1C2. The fourth-order valence-electron chi connectivity index (χ4n) is 3.48. The molecule has 18 heavy (non-hydrogen) atoms. The quantitative estimate of drug-likeness (QED) is 0.580. The number of fused-ring (bicyclic) bond motifs is 2. The van der Waals surface area contributed by atoms with Gasteiger partial charge in [0.2, 0.25) is 0 Å². The molecule has 1 nitrogen and oxygen atoms in total. The van der Waals surface area contributed by atoms with Crippen molar-refractivity contribution in [3.05, 3.63) is 34.4 Å². The third-order valence-corrected chi connectivity index (χ3v) is 4.64. The lowest BCUT2D eigenvalue weighted by Gasteiger charge is -2.20. The van der Waals surface area contributed by atoms with Crippen LogP contribution in [-0.4, -0.2) is 5.78 Å². The molecular weight excluding hydrogens is 258 g/mol. The number of carbonyl (C=O) groups is 1. The number of carbonyl (C=O) groups excluding carboxylic acids is 1. The first-order valence-electron chi connectivity index (χ1n) is 6.25. The van der Waals surface area contributed by atoms with E-state index < -0.39 is 11.6 Å². The maximum atomic E-state index is 13.7. The first-order chi connectivity index (χ1) is 8.56. The van der Waals surface area contributed by atoms with Crippen molar-refractivity contribution in [1.29, 1.82) is 0 Å². The minimum absolute atomic E-state index is 0.126. The number of rotatable bonds is 2. The predicted octanol–water partition coefficient (Wildman–Crippen LogP) is 4.24. The van der Waals surface area contributed by atoms with Crippen LogP contribution in [0.3, 0.4) is 0 Å². The maximum Gasteiger partial charge on any atom is 0.169 e. The summed E-state index contributed by atoms with van der Waals surface area (Å²) in [6.45, 7) is 0. The zero-order chi connectivity index (χ0) is 12.9. The summed E-state index contributed by atoms with van der Waals surface area (Å²) in [6.07, 6.45) is 4.10. The van der Waals surface area contributed by atoms with Crippen molar-refractivity contribution >= 4 is 17.4 Å². The van der Waals surface area contributed by atoms with Crippen LogP contribution in [0.15, 0.2) is 12.1 Å². The third-order valence-electron chi connectivity index (χ3n) is 4.35. The second-order valence-electron chi connectivity index (χ2n) is 5.39. The zero-order valence-corrected chi connectivity index (χ0v) is 10.5. The summed E-state index contributed by atoms with van der Waals surface area (Å²) in [5, 5.41) is -0.281. The summed E-state index contributed by atoms with van der Waals surface area (Å²) in [5.74, 6) is -0.863. The van der Waals surface area contributed by atoms with Crippen LogP contribution in [0.1, 0.15) is 36.0 Å². The van der Waals surface area contributed by atoms with Gasteiger partial charge in [-0.15, -0.1) is 0 Å². The minimum Gasteiger partial charge on any atom is -0.294 e. The Morgan fingerprint density at radius 1 is 1.17 bits per heavy atom. The smallest absolute Gasteiger partial charge is 0.169 e. The minimum atomic E-state index is -0.732. The Morgan fingerprint density at radius 2 is 1.94 bits per heavy atom. The molecule has 2 bridgehead atoms.